The zero-order valence-electron chi connectivity index (χ0n) is 11.6. The Morgan fingerprint density at radius 1 is 1.32 bits per heavy atom. The van der Waals surface area contributed by atoms with E-state index in [1.54, 1.807) is 20.8 Å². The lowest BCUT2D eigenvalue weighted by atomic mass is 9.66. The van der Waals surface area contributed by atoms with Crippen LogP contribution in [0.5, 0.6) is 0 Å². The summed E-state index contributed by atoms with van der Waals surface area (Å²) in [4.78, 5) is 24.8. The largest absolute Gasteiger partial charge is 0.480 e. The number of rotatable bonds is 1. The summed E-state index contributed by atoms with van der Waals surface area (Å²) in [5, 5.41) is 9.38. The summed E-state index contributed by atoms with van der Waals surface area (Å²) in [7, 11) is 0. The molecule has 0 aromatic carbocycles. The van der Waals surface area contributed by atoms with Crippen LogP contribution in [0, 0.1) is 5.41 Å². The van der Waals surface area contributed by atoms with Gasteiger partial charge in [0.1, 0.15) is 11.6 Å². The van der Waals surface area contributed by atoms with Gasteiger partial charge in [-0.15, -0.1) is 0 Å². The molecule has 1 spiro atoms. The van der Waals surface area contributed by atoms with Crippen molar-refractivity contribution in [1.29, 1.82) is 0 Å². The first kappa shape index (κ1) is 14.1. The summed E-state index contributed by atoms with van der Waals surface area (Å²) < 4.78 is 10.5. The highest BCUT2D eigenvalue weighted by atomic mass is 16.6. The van der Waals surface area contributed by atoms with Crippen molar-refractivity contribution in [3.05, 3.63) is 0 Å². The first-order valence-corrected chi connectivity index (χ1v) is 6.55. The molecule has 0 aromatic rings. The van der Waals surface area contributed by atoms with Crippen LogP contribution in [-0.4, -0.2) is 53.5 Å². The van der Waals surface area contributed by atoms with Gasteiger partial charge in [-0.3, -0.25) is 4.90 Å². The van der Waals surface area contributed by atoms with E-state index in [-0.39, 0.29) is 5.41 Å². The number of aliphatic carboxylic acids is 1. The maximum Gasteiger partial charge on any atom is 0.411 e. The van der Waals surface area contributed by atoms with E-state index in [2.05, 4.69) is 0 Å². The van der Waals surface area contributed by atoms with Crippen molar-refractivity contribution < 1.29 is 24.2 Å². The molecule has 0 bridgehead atoms. The average molecular weight is 271 g/mol. The molecular formula is C13H21NO5. The van der Waals surface area contributed by atoms with Crippen LogP contribution < -0.4 is 0 Å². The van der Waals surface area contributed by atoms with Crippen molar-refractivity contribution in [2.24, 2.45) is 5.41 Å². The van der Waals surface area contributed by atoms with Gasteiger partial charge in [-0.2, -0.15) is 0 Å². The fourth-order valence-corrected chi connectivity index (χ4v) is 2.83. The van der Waals surface area contributed by atoms with Crippen LogP contribution in [0.1, 0.15) is 33.6 Å². The van der Waals surface area contributed by atoms with Gasteiger partial charge in [0.25, 0.3) is 0 Å². The Hall–Kier alpha value is -1.30. The maximum atomic E-state index is 12.0. The third-order valence-electron chi connectivity index (χ3n) is 3.73. The number of hydrogen-bond acceptors (Lipinski definition) is 4. The van der Waals surface area contributed by atoms with Crippen molar-refractivity contribution in [2.45, 2.75) is 45.3 Å². The van der Waals surface area contributed by atoms with E-state index in [0.717, 1.165) is 0 Å². The summed E-state index contributed by atoms with van der Waals surface area (Å²) >= 11 is 0. The molecule has 6 nitrogen and oxygen atoms in total. The van der Waals surface area contributed by atoms with E-state index < -0.39 is 23.7 Å². The molecule has 2 heterocycles. The van der Waals surface area contributed by atoms with Gasteiger partial charge in [-0.05, 0) is 33.6 Å². The highest BCUT2D eigenvalue weighted by molar-refractivity contribution is 5.83. The minimum atomic E-state index is -0.959. The number of amides is 1. The second kappa shape index (κ2) is 4.67. The number of likely N-dealkylation sites (tertiary alicyclic amines) is 1. The van der Waals surface area contributed by atoms with Crippen LogP contribution in [0.3, 0.4) is 0 Å². The molecule has 6 heteroatoms. The Labute approximate surface area is 112 Å². The molecule has 19 heavy (non-hydrogen) atoms. The highest BCUT2D eigenvalue weighted by Gasteiger charge is 2.59. The van der Waals surface area contributed by atoms with Crippen LogP contribution in [0.4, 0.5) is 4.79 Å². The molecular weight excluding hydrogens is 250 g/mol. The maximum absolute atomic E-state index is 12.0. The van der Waals surface area contributed by atoms with Gasteiger partial charge in [-0.25, -0.2) is 9.59 Å². The van der Waals surface area contributed by atoms with Crippen LogP contribution in [0.25, 0.3) is 0 Å². The van der Waals surface area contributed by atoms with Crippen molar-refractivity contribution in [3.8, 4) is 0 Å². The highest BCUT2D eigenvalue weighted by Crippen LogP contribution is 2.46. The number of hydrogen-bond donors (Lipinski definition) is 1. The number of ether oxygens (including phenoxy) is 2. The molecule has 0 aliphatic carbocycles. The van der Waals surface area contributed by atoms with E-state index in [9.17, 15) is 14.7 Å². The number of nitrogens with zero attached hydrogens (tertiary/aromatic N) is 1. The zero-order valence-corrected chi connectivity index (χ0v) is 11.6. The Morgan fingerprint density at radius 3 is 2.37 bits per heavy atom. The fraction of sp³-hybridized carbons (Fsp3) is 0.846. The van der Waals surface area contributed by atoms with Crippen LogP contribution in [-0.2, 0) is 14.3 Å². The molecule has 0 saturated carbocycles. The third kappa shape index (κ3) is 2.68. The number of carbonyl (C=O) groups excluding carboxylic acids is 1. The number of carbonyl (C=O) groups is 2. The lowest BCUT2D eigenvalue weighted by Gasteiger charge is -2.56. The van der Waals surface area contributed by atoms with Gasteiger partial charge in [-0.1, -0.05) is 0 Å². The molecule has 1 N–H and O–H groups in total. The van der Waals surface area contributed by atoms with Crippen molar-refractivity contribution in [1.82, 2.24) is 4.90 Å². The smallest absolute Gasteiger partial charge is 0.411 e. The molecule has 0 radical (unpaired) electrons. The quantitative estimate of drug-likeness (QED) is 0.782. The van der Waals surface area contributed by atoms with E-state index in [4.69, 9.17) is 9.47 Å². The molecule has 0 aromatic heterocycles. The summed E-state index contributed by atoms with van der Waals surface area (Å²) in [5.74, 6) is -0.959. The van der Waals surface area contributed by atoms with Crippen molar-refractivity contribution >= 4 is 12.1 Å². The molecule has 2 rings (SSSR count). The first-order chi connectivity index (χ1) is 8.75. The van der Waals surface area contributed by atoms with Crippen LogP contribution in [0.15, 0.2) is 0 Å². The summed E-state index contributed by atoms with van der Waals surface area (Å²) in [6.45, 7) is 6.88. The molecule has 0 unspecified atom stereocenters. The Balaban J connectivity index is 2.08. The zero-order chi connectivity index (χ0) is 14.3. The van der Waals surface area contributed by atoms with Crippen LogP contribution in [0.2, 0.25) is 0 Å². The van der Waals surface area contributed by atoms with Crippen molar-refractivity contribution in [3.63, 3.8) is 0 Å². The molecule has 2 saturated heterocycles. The summed E-state index contributed by atoms with van der Waals surface area (Å²) in [5.41, 5.74) is -0.945. The SMILES string of the molecule is CC(C)(C)OC(=O)N1CC2(CCOCC2)[C@@H]1C(=O)O. The summed E-state index contributed by atoms with van der Waals surface area (Å²) in [6.07, 6.45) is 0.823. The second-order valence-electron chi connectivity index (χ2n) is 6.32. The number of carboxylic acid groups (broad SMARTS) is 1. The minimum absolute atomic E-state index is 0.332. The standard InChI is InChI=1S/C13H21NO5/c1-12(2,3)19-11(17)14-8-13(9(14)10(15)16)4-6-18-7-5-13/h9H,4-8H2,1-3H3,(H,15,16)/t9-/m0/s1. The second-order valence-corrected chi connectivity index (χ2v) is 6.32. The Morgan fingerprint density at radius 2 is 1.89 bits per heavy atom. The topological polar surface area (TPSA) is 76.1 Å². The molecule has 2 aliphatic heterocycles. The van der Waals surface area contributed by atoms with Gasteiger partial charge >= 0.3 is 12.1 Å². The lowest BCUT2D eigenvalue weighted by molar-refractivity contribution is -0.174. The molecule has 1 atom stereocenters. The van der Waals surface area contributed by atoms with Gasteiger partial charge in [0.2, 0.25) is 0 Å². The minimum Gasteiger partial charge on any atom is -0.480 e. The normalized spacial score (nSPS) is 25.8. The number of carboxylic acids is 1. The van der Waals surface area contributed by atoms with Gasteiger partial charge < -0.3 is 14.6 Å². The Kier molecular flexibility index (Phi) is 3.47. The Bertz CT molecular complexity index is 381. The van der Waals surface area contributed by atoms with E-state index in [1.165, 1.54) is 4.90 Å². The van der Waals surface area contributed by atoms with Gasteiger partial charge in [0, 0.05) is 25.2 Å². The molecule has 2 aliphatic rings. The summed E-state index contributed by atoms with van der Waals surface area (Å²) in [6, 6.07) is -0.786. The third-order valence-corrected chi connectivity index (χ3v) is 3.73. The van der Waals surface area contributed by atoms with Gasteiger partial charge in [0.15, 0.2) is 0 Å². The lowest BCUT2D eigenvalue weighted by Crippen LogP contribution is -2.70. The first-order valence-electron chi connectivity index (χ1n) is 6.55. The molecule has 108 valence electrons. The van der Waals surface area contributed by atoms with E-state index in [0.29, 0.717) is 32.6 Å². The predicted octanol–water partition coefficient (Wildman–Crippen LogP) is 1.49. The monoisotopic (exact) mass is 271 g/mol. The van der Waals surface area contributed by atoms with E-state index >= 15 is 0 Å². The molecule has 1 amide bonds. The molecule has 2 fully saturated rings. The van der Waals surface area contributed by atoms with Gasteiger partial charge in [0.05, 0.1) is 0 Å². The fourth-order valence-electron chi connectivity index (χ4n) is 2.83. The van der Waals surface area contributed by atoms with E-state index in [1.807, 2.05) is 0 Å². The van der Waals surface area contributed by atoms with Crippen LogP contribution >= 0.6 is 0 Å². The van der Waals surface area contributed by atoms with Crippen molar-refractivity contribution in [2.75, 3.05) is 19.8 Å². The predicted molar refractivity (Wildman–Crippen MR) is 66.8 cm³/mol. The average Bonchev–Trinajstić information content (AvgIpc) is 2.24.